The predicted octanol–water partition coefficient (Wildman–Crippen LogP) is 4.56. The third-order valence-electron chi connectivity index (χ3n) is 7.52. The number of rotatable bonds is 0. The first-order chi connectivity index (χ1) is 14.6. The Hall–Kier alpha value is -3.26. The van der Waals surface area contributed by atoms with E-state index in [1.807, 2.05) is 0 Å². The summed E-state index contributed by atoms with van der Waals surface area (Å²) in [6.45, 7) is 7.26. The fourth-order valence-corrected chi connectivity index (χ4v) is 6.21. The van der Waals surface area contributed by atoms with Crippen LogP contribution in [0.2, 0.25) is 0 Å². The molecule has 1 nitrogen and oxygen atoms in total. The van der Waals surface area contributed by atoms with Crippen molar-refractivity contribution in [2.24, 2.45) is 0 Å². The molecule has 0 spiro atoms. The van der Waals surface area contributed by atoms with Crippen LogP contribution in [-0.4, -0.2) is 11.3 Å². The summed E-state index contributed by atoms with van der Waals surface area (Å²) in [7, 11) is 0. The van der Waals surface area contributed by atoms with Crippen molar-refractivity contribution in [3.05, 3.63) is 95.6 Å². The van der Waals surface area contributed by atoms with Gasteiger partial charge in [0, 0.05) is 27.4 Å². The van der Waals surface area contributed by atoms with Crippen LogP contribution in [0.5, 0.6) is 0 Å². The highest BCUT2D eigenvalue weighted by Crippen LogP contribution is 2.40. The van der Waals surface area contributed by atoms with Gasteiger partial charge in [-0.25, -0.2) is 0 Å². The van der Waals surface area contributed by atoms with E-state index < -0.39 is 0 Å². The summed E-state index contributed by atoms with van der Waals surface area (Å²) in [5.74, 6) is 0. The zero-order valence-corrected chi connectivity index (χ0v) is 17.5. The molecule has 0 saturated carbocycles. The summed E-state index contributed by atoms with van der Waals surface area (Å²) < 4.78 is 2.53. The molecule has 7 rings (SSSR count). The molecule has 142 valence electrons. The van der Waals surface area contributed by atoms with Crippen LogP contribution in [0.3, 0.4) is 0 Å². The number of benzene rings is 4. The molecule has 0 amide bonds. The van der Waals surface area contributed by atoms with E-state index in [1.165, 1.54) is 60.6 Å². The number of nitrogens with zero attached hydrogens (tertiary/aromatic N) is 1. The maximum Gasteiger partial charge on any atom is 0.247 e. The Bertz CT molecular complexity index is 1540. The summed E-state index contributed by atoms with van der Waals surface area (Å²) in [6, 6.07) is 29.8. The first-order valence-corrected chi connectivity index (χ1v) is 10.8. The highest BCUT2D eigenvalue weighted by Gasteiger charge is 2.44. The molecule has 3 heterocycles. The van der Waals surface area contributed by atoms with Crippen LogP contribution >= 0.6 is 0 Å². The molecule has 0 fully saturated rings. The van der Waals surface area contributed by atoms with Crippen LogP contribution in [0.1, 0.15) is 30.5 Å². The molecule has 4 aromatic carbocycles. The molecule has 2 aliphatic heterocycles. The summed E-state index contributed by atoms with van der Waals surface area (Å²) in [5, 5.41) is 2.73. The van der Waals surface area contributed by atoms with Crippen molar-refractivity contribution in [2.75, 3.05) is 0 Å². The van der Waals surface area contributed by atoms with E-state index in [1.54, 1.807) is 0 Å². The Morgan fingerprint density at radius 1 is 0.733 bits per heavy atom. The van der Waals surface area contributed by atoms with Gasteiger partial charge in [-0.15, -0.1) is 0 Å². The number of hydrogen-bond donors (Lipinski definition) is 0. The van der Waals surface area contributed by atoms with Gasteiger partial charge in [0.25, 0.3) is 0 Å². The molecule has 0 bridgehead atoms. The molecular weight excluding hydrogens is 361 g/mol. The molecule has 0 aliphatic carbocycles. The summed E-state index contributed by atoms with van der Waals surface area (Å²) in [5.41, 5.74) is 12.6. The third kappa shape index (κ3) is 1.77. The fourth-order valence-electron chi connectivity index (χ4n) is 6.21. The molecule has 2 heteroatoms. The van der Waals surface area contributed by atoms with Gasteiger partial charge in [0.2, 0.25) is 6.71 Å². The minimum Gasteiger partial charge on any atom is -0.310 e. The van der Waals surface area contributed by atoms with Crippen LogP contribution in [0.15, 0.2) is 78.9 Å². The van der Waals surface area contributed by atoms with Gasteiger partial charge in [-0.2, -0.15) is 0 Å². The second-order valence-corrected chi connectivity index (χ2v) is 9.48. The number of aryl methyl sites for hydroxylation is 1. The quantitative estimate of drug-likeness (QED) is 0.339. The van der Waals surface area contributed by atoms with E-state index in [9.17, 15) is 0 Å². The third-order valence-corrected chi connectivity index (χ3v) is 7.52. The molecule has 0 N–H and O–H groups in total. The Balaban J connectivity index is 1.78. The monoisotopic (exact) mass is 383 g/mol. The van der Waals surface area contributed by atoms with E-state index in [0.29, 0.717) is 6.71 Å². The van der Waals surface area contributed by atoms with Crippen molar-refractivity contribution >= 4 is 44.9 Å². The first kappa shape index (κ1) is 16.5. The normalized spacial score (nSPS) is 15.4. The maximum absolute atomic E-state index is 2.53. The number of aromatic nitrogens is 1. The number of para-hydroxylation sites is 1. The lowest BCUT2D eigenvalue weighted by Crippen LogP contribution is -2.63. The highest BCUT2D eigenvalue weighted by atomic mass is 15.0. The second-order valence-electron chi connectivity index (χ2n) is 9.48. The average Bonchev–Trinajstić information content (AvgIpc) is 3.08. The molecule has 0 saturated heterocycles. The maximum atomic E-state index is 2.53. The van der Waals surface area contributed by atoms with E-state index >= 15 is 0 Å². The van der Waals surface area contributed by atoms with Crippen LogP contribution in [-0.2, 0) is 5.41 Å². The van der Waals surface area contributed by atoms with Crippen molar-refractivity contribution in [2.45, 2.75) is 26.2 Å². The smallest absolute Gasteiger partial charge is 0.247 e. The van der Waals surface area contributed by atoms with Crippen LogP contribution in [0.25, 0.3) is 27.5 Å². The Labute approximate surface area is 177 Å². The Kier molecular flexibility index (Phi) is 2.90. The fraction of sp³-hybridized carbons (Fsp3) is 0.143. The van der Waals surface area contributed by atoms with E-state index in [4.69, 9.17) is 0 Å². The van der Waals surface area contributed by atoms with Crippen molar-refractivity contribution in [1.82, 2.24) is 4.57 Å². The van der Waals surface area contributed by atoms with E-state index in [0.717, 1.165) is 0 Å². The summed E-state index contributed by atoms with van der Waals surface area (Å²) >= 11 is 0. The standard InChI is InChI=1S/C28H22BN/c1-17-12-13-18-19-14-15-21-26-27(19)30(25(18)16-17)24-11-7-6-10-23(24)29(26)22-9-5-4-8-20(22)28(21,2)3/h4-16H,1-3H3. The first-order valence-electron chi connectivity index (χ1n) is 10.8. The van der Waals surface area contributed by atoms with Crippen molar-refractivity contribution in [1.29, 1.82) is 0 Å². The minimum atomic E-state index is -0.0138. The zero-order valence-electron chi connectivity index (χ0n) is 17.5. The summed E-state index contributed by atoms with van der Waals surface area (Å²) in [6.07, 6.45) is 0. The molecule has 2 aliphatic rings. The van der Waals surface area contributed by atoms with Gasteiger partial charge in [0.05, 0.1) is 5.52 Å². The largest absolute Gasteiger partial charge is 0.310 e. The predicted molar refractivity (Wildman–Crippen MR) is 129 cm³/mol. The van der Waals surface area contributed by atoms with Gasteiger partial charge in [0.1, 0.15) is 0 Å². The van der Waals surface area contributed by atoms with E-state index in [2.05, 4.69) is 104 Å². The Morgan fingerprint density at radius 3 is 2.33 bits per heavy atom. The SMILES string of the molecule is Cc1ccc2c3ccc4c5c3n(c2c1)-c1ccccc1B5c1ccccc1C4(C)C. The topological polar surface area (TPSA) is 4.93 Å². The van der Waals surface area contributed by atoms with Crippen molar-refractivity contribution in [3.63, 3.8) is 0 Å². The van der Waals surface area contributed by atoms with Gasteiger partial charge >= 0.3 is 0 Å². The molecule has 30 heavy (non-hydrogen) atoms. The van der Waals surface area contributed by atoms with Gasteiger partial charge < -0.3 is 4.57 Å². The number of fused-ring (bicyclic) bond motifs is 8. The molecule has 0 unspecified atom stereocenters. The van der Waals surface area contributed by atoms with Crippen LogP contribution < -0.4 is 16.4 Å². The highest BCUT2D eigenvalue weighted by molar-refractivity contribution is 6.99. The molecule has 5 aromatic rings. The summed E-state index contributed by atoms with van der Waals surface area (Å²) in [4.78, 5) is 0. The van der Waals surface area contributed by atoms with Gasteiger partial charge in [-0.05, 0) is 46.7 Å². The number of hydrogen-bond acceptors (Lipinski definition) is 0. The second kappa shape index (κ2) is 5.26. The Morgan fingerprint density at radius 2 is 1.47 bits per heavy atom. The van der Waals surface area contributed by atoms with Crippen LogP contribution in [0, 0.1) is 6.92 Å². The lowest BCUT2D eigenvalue weighted by atomic mass is 9.30. The lowest BCUT2D eigenvalue weighted by molar-refractivity contribution is 0.646. The van der Waals surface area contributed by atoms with Gasteiger partial charge in [0.15, 0.2) is 0 Å². The average molecular weight is 383 g/mol. The minimum absolute atomic E-state index is 0.0138. The lowest BCUT2D eigenvalue weighted by Gasteiger charge is -2.41. The molecular formula is C28H22BN. The van der Waals surface area contributed by atoms with Gasteiger partial charge in [-0.1, -0.05) is 86.0 Å². The molecule has 1 aromatic heterocycles. The molecule has 0 radical (unpaired) electrons. The van der Waals surface area contributed by atoms with Gasteiger partial charge in [-0.3, -0.25) is 0 Å². The van der Waals surface area contributed by atoms with Crippen LogP contribution in [0.4, 0.5) is 0 Å². The zero-order chi connectivity index (χ0) is 20.2. The van der Waals surface area contributed by atoms with E-state index in [-0.39, 0.29) is 5.41 Å². The van der Waals surface area contributed by atoms with Crippen molar-refractivity contribution in [3.8, 4) is 5.69 Å². The van der Waals surface area contributed by atoms with Crippen molar-refractivity contribution < 1.29 is 0 Å². The molecule has 0 atom stereocenters.